The number of hydrogen-bond acceptors (Lipinski definition) is 7. The molecule has 2 N–H and O–H groups in total. The Morgan fingerprint density at radius 1 is 1.05 bits per heavy atom. The largest absolute Gasteiger partial charge is 0.404 e. The van der Waals surface area contributed by atoms with Crippen LogP contribution in [0.3, 0.4) is 0 Å². The SMILES string of the molecule is CC(NS(=O)(=O)c1ccc(-c2sc(C(=O)NC3CCS(=O)(=O)CC3)nc2CC2CCCC2)c2ccccc12)C(F)(F)F. The van der Waals surface area contributed by atoms with Crippen LogP contribution in [0.15, 0.2) is 41.3 Å². The van der Waals surface area contributed by atoms with Crippen molar-refractivity contribution in [3.8, 4) is 10.4 Å². The molecule has 2 heterocycles. The van der Waals surface area contributed by atoms with Gasteiger partial charge in [0.25, 0.3) is 5.91 Å². The highest BCUT2D eigenvalue weighted by molar-refractivity contribution is 7.91. The van der Waals surface area contributed by atoms with Crippen molar-refractivity contribution in [1.82, 2.24) is 15.0 Å². The van der Waals surface area contributed by atoms with Crippen LogP contribution >= 0.6 is 11.3 Å². The summed E-state index contributed by atoms with van der Waals surface area (Å²) in [5.74, 6) is 0.0406. The first-order chi connectivity index (χ1) is 19.7. The highest BCUT2D eigenvalue weighted by Gasteiger charge is 2.39. The molecule has 1 aromatic heterocycles. The Morgan fingerprint density at radius 3 is 2.33 bits per heavy atom. The Balaban J connectivity index is 1.52. The van der Waals surface area contributed by atoms with Crippen LogP contribution in [0.25, 0.3) is 21.2 Å². The number of fused-ring (bicyclic) bond motifs is 1. The van der Waals surface area contributed by atoms with Crippen LogP contribution in [0.2, 0.25) is 0 Å². The molecule has 3 aromatic rings. The lowest BCUT2D eigenvalue weighted by molar-refractivity contribution is -0.147. The molecule has 0 bridgehead atoms. The number of carbonyl (C=O) groups is 1. The van der Waals surface area contributed by atoms with Crippen LogP contribution in [-0.4, -0.2) is 57.5 Å². The monoisotopic (exact) mass is 643 g/mol. The molecular formula is C28H32F3N3O5S3. The predicted octanol–water partition coefficient (Wildman–Crippen LogP) is 5.23. The van der Waals surface area contributed by atoms with Crippen LogP contribution in [0, 0.1) is 5.92 Å². The molecule has 5 rings (SSSR count). The quantitative estimate of drug-likeness (QED) is 0.347. The average molecular weight is 644 g/mol. The zero-order valence-corrected chi connectivity index (χ0v) is 25.4. The fraction of sp³-hybridized carbons (Fsp3) is 0.500. The van der Waals surface area contributed by atoms with Gasteiger partial charge in [-0.05, 0) is 43.6 Å². The fourth-order valence-electron chi connectivity index (χ4n) is 5.63. The third kappa shape index (κ3) is 6.81. The Hall–Kier alpha value is -2.55. The van der Waals surface area contributed by atoms with Gasteiger partial charge in [-0.15, -0.1) is 11.3 Å². The van der Waals surface area contributed by atoms with Gasteiger partial charge in [-0.1, -0.05) is 56.0 Å². The summed E-state index contributed by atoms with van der Waals surface area (Å²) in [4.78, 5) is 18.4. The minimum Gasteiger partial charge on any atom is -0.347 e. The van der Waals surface area contributed by atoms with Gasteiger partial charge in [-0.2, -0.15) is 17.9 Å². The summed E-state index contributed by atoms with van der Waals surface area (Å²) in [7, 11) is -7.60. The summed E-state index contributed by atoms with van der Waals surface area (Å²) in [5, 5.41) is 3.92. The van der Waals surface area contributed by atoms with Crippen LogP contribution in [0.1, 0.15) is 60.9 Å². The number of alkyl halides is 3. The molecule has 2 aliphatic rings. The molecule has 42 heavy (non-hydrogen) atoms. The Bertz CT molecular complexity index is 1680. The summed E-state index contributed by atoms with van der Waals surface area (Å²) in [6, 6.07) is 6.91. The Labute approximate surface area is 247 Å². The lowest BCUT2D eigenvalue weighted by Gasteiger charge is -2.22. The van der Waals surface area contributed by atoms with Crippen molar-refractivity contribution in [2.24, 2.45) is 5.92 Å². The summed E-state index contributed by atoms with van der Waals surface area (Å²) in [5.41, 5.74) is 1.36. The van der Waals surface area contributed by atoms with Gasteiger partial charge < -0.3 is 5.32 Å². The third-order valence-electron chi connectivity index (χ3n) is 7.98. The number of amides is 1. The van der Waals surface area contributed by atoms with E-state index in [1.165, 1.54) is 17.4 Å². The van der Waals surface area contributed by atoms with Crippen LogP contribution < -0.4 is 10.0 Å². The zero-order valence-electron chi connectivity index (χ0n) is 22.9. The summed E-state index contributed by atoms with van der Waals surface area (Å²) >= 11 is 1.18. The van der Waals surface area contributed by atoms with E-state index in [0.29, 0.717) is 46.7 Å². The smallest absolute Gasteiger partial charge is 0.347 e. The van der Waals surface area contributed by atoms with Crippen molar-refractivity contribution in [2.45, 2.75) is 75.0 Å². The van der Waals surface area contributed by atoms with E-state index >= 15 is 0 Å². The van der Waals surface area contributed by atoms with Gasteiger partial charge in [0.05, 0.1) is 27.0 Å². The van der Waals surface area contributed by atoms with Crippen molar-refractivity contribution in [2.75, 3.05) is 11.5 Å². The van der Waals surface area contributed by atoms with Gasteiger partial charge in [-0.3, -0.25) is 4.79 Å². The van der Waals surface area contributed by atoms with Crippen LogP contribution in [0.4, 0.5) is 13.2 Å². The number of halogens is 3. The lowest BCUT2D eigenvalue weighted by Crippen LogP contribution is -2.43. The van der Waals surface area contributed by atoms with Crippen molar-refractivity contribution >= 4 is 47.9 Å². The molecule has 1 amide bonds. The number of benzene rings is 2. The number of thiazole rings is 1. The highest BCUT2D eigenvalue weighted by atomic mass is 32.2. The van der Waals surface area contributed by atoms with Gasteiger partial charge in [-0.25, -0.2) is 21.8 Å². The first-order valence-corrected chi connectivity index (χ1v) is 18.0. The van der Waals surface area contributed by atoms with E-state index in [-0.39, 0.29) is 32.8 Å². The first-order valence-electron chi connectivity index (χ1n) is 13.9. The number of nitrogens with one attached hydrogen (secondary N) is 2. The number of nitrogens with zero attached hydrogens (tertiary/aromatic N) is 1. The topological polar surface area (TPSA) is 122 Å². The Kier molecular flexibility index (Phi) is 8.72. The van der Waals surface area contributed by atoms with Gasteiger partial charge in [0.15, 0.2) is 5.01 Å². The second-order valence-electron chi connectivity index (χ2n) is 11.1. The van der Waals surface area contributed by atoms with Gasteiger partial charge in [0.2, 0.25) is 10.0 Å². The fourth-order valence-corrected chi connectivity index (χ4v) is 9.60. The maximum Gasteiger partial charge on any atom is 0.404 e. The molecule has 2 aromatic carbocycles. The van der Waals surface area contributed by atoms with E-state index < -0.39 is 38.0 Å². The zero-order chi connectivity index (χ0) is 30.3. The van der Waals surface area contributed by atoms with E-state index in [9.17, 15) is 34.8 Å². The first kappa shape index (κ1) is 30.9. The van der Waals surface area contributed by atoms with E-state index in [0.717, 1.165) is 32.6 Å². The van der Waals surface area contributed by atoms with Gasteiger partial charge in [0.1, 0.15) is 15.9 Å². The van der Waals surface area contributed by atoms with Crippen LogP contribution in [-0.2, 0) is 26.3 Å². The average Bonchev–Trinajstić information content (AvgIpc) is 3.59. The van der Waals surface area contributed by atoms with Gasteiger partial charge >= 0.3 is 6.18 Å². The molecule has 8 nitrogen and oxygen atoms in total. The molecule has 0 spiro atoms. The number of sulfonamides is 1. The molecule has 1 atom stereocenters. The normalized spacial score (nSPS) is 19.2. The minimum atomic E-state index is -4.75. The number of hydrogen-bond donors (Lipinski definition) is 2. The number of aromatic nitrogens is 1. The van der Waals surface area contributed by atoms with E-state index in [4.69, 9.17) is 4.98 Å². The number of sulfone groups is 1. The Morgan fingerprint density at radius 2 is 1.69 bits per heavy atom. The number of rotatable bonds is 8. The molecular weight excluding hydrogens is 612 g/mol. The van der Waals surface area contributed by atoms with E-state index in [1.807, 2.05) is 0 Å². The van der Waals surface area contributed by atoms with Crippen LogP contribution in [0.5, 0.6) is 0 Å². The molecule has 228 valence electrons. The molecule has 2 fully saturated rings. The molecule has 0 radical (unpaired) electrons. The molecule has 1 aliphatic carbocycles. The number of carbonyl (C=O) groups excluding carboxylic acids is 1. The standard InChI is InChI=1S/C28H32F3N3O5S3/c1-17(28(29,30)31)34-42(38,39)24-11-10-22(20-8-4-5-9-21(20)24)25-23(16-18-6-2-3-7-18)33-27(40-25)26(35)32-19-12-14-41(36,37)15-13-19/h4-5,8-11,17-19,34H,2-3,6-7,12-16H2,1H3,(H,32,35). The maximum absolute atomic E-state index is 13.2. The van der Waals surface area contributed by atoms with Crippen molar-refractivity contribution in [3.05, 3.63) is 47.1 Å². The molecule has 1 unspecified atom stereocenters. The summed E-state index contributed by atoms with van der Waals surface area (Å²) in [6.07, 6.45) is 0.864. The predicted molar refractivity (Wildman–Crippen MR) is 156 cm³/mol. The lowest BCUT2D eigenvalue weighted by atomic mass is 9.97. The van der Waals surface area contributed by atoms with Gasteiger partial charge in [0, 0.05) is 17.0 Å². The molecule has 1 saturated carbocycles. The molecule has 14 heteroatoms. The molecule has 1 saturated heterocycles. The highest BCUT2D eigenvalue weighted by Crippen LogP contribution is 2.40. The summed E-state index contributed by atoms with van der Waals surface area (Å²) < 4.78 is 90.9. The van der Waals surface area contributed by atoms with Crippen molar-refractivity contribution < 1.29 is 34.8 Å². The molecule has 1 aliphatic heterocycles. The maximum atomic E-state index is 13.2. The minimum absolute atomic E-state index is 0.0197. The van der Waals surface area contributed by atoms with E-state index in [2.05, 4.69) is 5.32 Å². The van der Waals surface area contributed by atoms with E-state index in [1.54, 1.807) is 35.1 Å². The van der Waals surface area contributed by atoms with Crippen molar-refractivity contribution in [1.29, 1.82) is 0 Å². The second-order valence-corrected chi connectivity index (χ2v) is 16.1. The van der Waals surface area contributed by atoms with Crippen molar-refractivity contribution in [3.63, 3.8) is 0 Å². The second kappa shape index (κ2) is 11.9. The third-order valence-corrected chi connectivity index (χ3v) is 12.4. The summed E-state index contributed by atoms with van der Waals surface area (Å²) in [6.45, 7) is 0.750.